The molecule has 1 atom stereocenters. The lowest BCUT2D eigenvalue weighted by molar-refractivity contribution is -0.135. The van der Waals surface area contributed by atoms with Crippen molar-refractivity contribution in [3.63, 3.8) is 0 Å². The molecule has 0 unspecified atom stereocenters. The van der Waals surface area contributed by atoms with E-state index in [0.29, 0.717) is 32.1 Å². The van der Waals surface area contributed by atoms with Gasteiger partial charge in [-0.05, 0) is 37.5 Å². The molecule has 1 N–H and O–H groups in total. The first-order chi connectivity index (χ1) is 13.6. The summed E-state index contributed by atoms with van der Waals surface area (Å²) < 4.78 is 0. The fourth-order valence-electron chi connectivity index (χ4n) is 3.80. The van der Waals surface area contributed by atoms with Crippen molar-refractivity contribution in [2.45, 2.75) is 25.8 Å². The fraction of sp³-hybridized carbons (Fsp3) is 0.391. The summed E-state index contributed by atoms with van der Waals surface area (Å²) in [6.45, 7) is 4.83. The third-order valence-electron chi connectivity index (χ3n) is 5.60. The zero-order valence-electron chi connectivity index (χ0n) is 16.3. The lowest BCUT2D eigenvalue weighted by Crippen LogP contribution is -2.52. The third-order valence-corrected chi connectivity index (χ3v) is 5.60. The van der Waals surface area contributed by atoms with Crippen LogP contribution in [0.3, 0.4) is 0 Å². The Morgan fingerprint density at radius 2 is 1.57 bits per heavy atom. The molecule has 4 rings (SSSR count). The SMILES string of the molecule is Cc1ccc(NC(=O)[C@H](c2ccccc2)N2CCN(C(=O)C3CC3)CC2)cc1. The number of nitrogens with zero attached hydrogens (tertiary/aromatic N) is 2. The number of anilines is 1. The van der Waals surface area contributed by atoms with Crippen molar-refractivity contribution in [2.75, 3.05) is 31.5 Å². The van der Waals surface area contributed by atoms with Gasteiger partial charge in [0.15, 0.2) is 0 Å². The van der Waals surface area contributed by atoms with Gasteiger partial charge in [-0.1, -0.05) is 48.0 Å². The lowest BCUT2D eigenvalue weighted by atomic mass is 10.0. The first kappa shape index (κ1) is 18.7. The minimum absolute atomic E-state index is 0.0305. The summed E-state index contributed by atoms with van der Waals surface area (Å²) in [7, 11) is 0. The van der Waals surface area contributed by atoms with Crippen LogP contribution < -0.4 is 5.32 Å². The second-order valence-corrected chi connectivity index (χ2v) is 7.80. The number of hydrogen-bond acceptors (Lipinski definition) is 3. The highest BCUT2D eigenvalue weighted by atomic mass is 16.2. The van der Waals surface area contributed by atoms with Gasteiger partial charge in [0.1, 0.15) is 6.04 Å². The van der Waals surface area contributed by atoms with Crippen molar-refractivity contribution < 1.29 is 9.59 Å². The Bertz CT molecular complexity index is 823. The molecule has 1 saturated heterocycles. The van der Waals surface area contributed by atoms with E-state index in [9.17, 15) is 9.59 Å². The maximum atomic E-state index is 13.2. The van der Waals surface area contributed by atoms with Gasteiger partial charge in [0, 0.05) is 37.8 Å². The highest BCUT2D eigenvalue weighted by Crippen LogP contribution is 2.32. The van der Waals surface area contributed by atoms with Gasteiger partial charge < -0.3 is 10.2 Å². The van der Waals surface area contributed by atoms with Gasteiger partial charge in [-0.15, -0.1) is 0 Å². The molecule has 2 aromatic carbocycles. The van der Waals surface area contributed by atoms with Crippen LogP contribution in [0.25, 0.3) is 0 Å². The highest BCUT2D eigenvalue weighted by molar-refractivity contribution is 5.95. The van der Waals surface area contributed by atoms with Gasteiger partial charge in [0.05, 0.1) is 0 Å². The zero-order valence-corrected chi connectivity index (χ0v) is 16.3. The second kappa shape index (κ2) is 8.15. The lowest BCUT2D eigenvalue weighted by Gasteiger charge is -2.39. The minimum Gasteiger partial charge on any atom is -0.340 e. The Morgan fingerprint density at radius 1 is 0.929 bits per heavy atom. The molecule has 2 amide bonds. The maximum absolute atomic E-state index is 13.2. The van der Waals surface area contributed by atoms with Crippen LogP contribution in [0.1, 0.15) is 30.0 Å². The number of amides is 2. The van der Waals surface area contributed by atoms with Crippen LogP contribution >= 0.6 is 0 Å². The molecule has 0 bridgehead atoms. The van der Waals surface area contributed by atoms with E-state index in [1.54, 1.807) is 0 Å². The van der Waals surface area contributed by atoms with Crippen LogP contribution in [0.4, 0.5) is 5.69 Å². The predicted molar refractivity (Wildman–Crippen MR) is 110 cm³/mol. The maximum Gasteiger partial charge on any atom is 0.246 e. The first-order valence-electron chi connectivity index (χ1n) is 10.1. The molecule has 5 heteroatoms. The molecule has 146 valence electrons. The van der Waals surface area contributed by atoms with Crippen molar-refractivity contribution in [2.24, 2.45) is 5.92 Å². The van der Waals surface area contributed by atoms with Crippen molar-refractivity contribution in [1.29, 1.82) is 0 Å². The Labute approximate surface area is 166 Å². The second-order valence-electron chi connectivity index (χ2n) is 7.80. The average Bonchev–Trinajstić information content (AvgIpc) is 3.56. The van der Waals surface area contributed by atoms with Crippen LogP contribution in [0, 0.1) is 12.8 Å². The molecule has 5 nitrogen and oxygen atoms in total. The van der Waals surface area contributed by atoms with Crippen LogP contribution in [-0.4, -0.2) is 47.8 Å². The number of carbonyl (C=O) groups is 2. The summed E-state index contributed by atoms with van der Waals surface area (Å²) in [6, 6.07) is 17.4. The van der Waals surface area contributed by atoms with Crippen molar-refractivity contribution in [3.05, 3.63) is 65.7 Å². The molecule has 28 heavy (non-hydrogen) atoms. The molecule has 2 fully saturated rings. The quantitative estimate of drug-likeness (QED) is 0.870. The number of piperazine rings is 1. The number of rotatable bonds is 5. The highest BCUT2D eigenvalue weighted by Gasteiger charge is 2.36. The summed E-state index contributed by atoms with van der Waals surface area (Å²) >= 11 is 0. The molecule has 0 radical (unpaired) electrons. The summed E-state index contributed by atoms with van der Waals surface area (Å²) in [4.78, 5) is 29.7. The Balaban J connectivity index is 1.48. The number of carbonyl (C=O) groups excluding carboxylic acids is 2. The number of nitrogens with one attached hydrogen (secondary N) is 1. The van der Waals surface area contributed by atoms with E-state index in [1.165, 1.54) is 0 Å². The topological polar surface area (TPSA) is 52.7 Å². The summed E-state index contributed by atoms with van der Waals surface area (Å²) in [5, 5.41) is 3.07. The monoisotopic (exact) mass is 377 g/mol. The summed E-state index contributed by atoms with van der Waals surface area (Å²) in [5.41, 5.74) is 2.95. The predicted octanol–water partition coefficient (Wildman–Crippen LogP) is 3.23. The van der Waals surface area contributed by atoms with E-state index < -0.39 is 0 Å². The van der Waals surface area contributed by atoms with E-state index in [0.717, 1.165) is 29.7 Å². The minimum atomic E-state index is -0.360. The average molecular weight is 377 g/mol. The van der Waals surface area contributed by atoms with Crippen LogP contribution in [0.2, 0.25) is 0 Å². The molecule has 2 aliphatic rings. The molecule has 0 spiro atoms. The van der Waals surface area contributed by atoms with Crippen molar-refractivity contribution in [3.8, 4) is 0 Å². The van der Waals surface area contributed by atoms with Gasteiger partial charge >= 0.3 is 0 Å². The van der Waals surface area contributed by atoms with Crippen LogP contribution in [0.5, 0.6) is 0 Å². The van der Waals surface area contributed by atoms with E-state index >= 15 is 0 Å². The van der Waals surface area contributed by atoms with Crippen LogP contribution in [-0.2, 0) is 9.59 Å². The fourth-order valence-corrected chi connectivity index (χ4v) is 3.80. The largest absolute Gasteiger partial charge is 0.340 e. The molecule has 1 aliphatic carbocycles. The Morgan fingerprint density at radius 3 is 2.18 bits per heavy atom. The van der Waals surface area contributed by atoms with Crippen LogP contribution in [0.15, 0.2) is 54.6 Å². The number of aryl methyl sites for hydroxylation is 1. The molecular weight excluding hydrogens is 350 g/mol. The van der Waals surface area contributed by atoms with E-state index in [4.69, 9.17) is 0 Å². The zero-order chi connectivity index (χ0) is 19.5. The first-order valence-corrected chi connectivity index (χ1v) is 10.1. The van der Waals surface area contributed by atoms with E-state index in [-0.39, 0.29) is 17.9 Å². The van der Waals surface area contributed by atoms with Gasteiger partial charge in [-0.3, -0.25) is 14.5 Å². The number of hydrogen-bond donors (Lipinski definition) is 1. The van der Waals surface area contributed by atoms with Gasteiger partial charge in [0.25, 0.3) is 0 Å². The van der Waals surface area contributed by atoms with E-state index in [2.05, 4.69) is 10.2 Å². The Kier molecular flexibility index (Phi) is 5.44. The summed E-state index contributed by atoms with van der Waals surface area (Å²) in [6.07, 6.45) is 2.06. The van der Waals surface area contributed by atoms with Gasteiger partial charge in [-0.25, -0.2) is 0 Å². The van der Waals surface area contributed by atoms with Crippen molar-refractivity contribution >= 4 is 17.5 Å². The summed E-state index contributed by atoms with van der Waals surface area (Å²) in [5.74, 6) is 0.512. The Hall–Kier alpha value is -2.66. The molecule has 1 saturated carbocycles. The van der Waals surface area contributed by atoms with Crippen molar-refractivity contribution in [1.82, 2.24) is 9.80 Å². The van der Waals surface area contributed by atoms with Gasteiger partial charge in [0.2, 0.25) is 11.8 Å². The molecule has 0 aromatic heterocycles. The molecule has 1 aliphatic heterocycles. The standard InChI is InChI=1S/C23H27N3O2/c1-17-7-11-20(12-8-17)24-22(27)21(18-5-3-2-4-6-18)25-13-15-26(16-14-25)23(28)19-9-10-19/h2-8,11-12,19,21H,9-10,13-16H2,1H3,(H,24,27)/t21-/m0/s1. The van der Waals surface area contributed by atoms with E-state index in [1.807, 2.05) is 66.4 Å². The third kappa shape index (κ3) is 4.25. The molecule has 2 aromatic rings. The van der Waals surface area contributed by atoms with Gasteiger partial charge in [-0.2, -0.15) is 0 Å². The normalized spacial score (nSPS) is 18.5. The smallest absolute Gasteiger partial charge is 0.246 e. The number of benzene rings is 2. The molecular formula is C23H27N3O2. The molecule has 1 heterocycles.